The molecule has 5 nitrogen and oxygen atoms in total. The van der Waals surface area contributed by atoms with Crippen LogP contribution >= 0.6 is 0 Å². The number of nitrogens with zero attached hydrogens (tertiary/aromatic N) is 1. The Labute approximate surface area is 121 Å². The van der Waals surface area contributed by atoms with Gasteiger partial charge in [0.25, 0.3) is 5.69 Å². The first-order chi connectivity index (χ1) is 9.86. The van der Waals surface area contributed by atoms with Gasteiger partial charge < -0.3 is 10.4 Å². The first-order valence-electron chi connectivity index (χ1n) is 6.35. The van der Waals surface area contributed by atoms with E-state index >= 15 is 0 Å². The van der Waals surface area contributed by atoms with Gasteiger partial charge in [-0.2, -0.15) is 0 Å². The molecule has 0 aliphatic heterocycles. The number of benzene rings is 2. The van der Waals surface area contributed by atoms with Crippen molar-refractivity contribution in [2.24, 2.45) is 0 Å². The third-order valence-corrected chi connectivity index (χ3v) is 3.16. The minimum Gasteiger partial charge on any atom is -0.508 e. The number of hydrogen-bond donors (Lipinski definition) is 2. The van der Waals surface area contributed by atoms with E-state index in [-0.39, 0.29) is 11.4 Å². The summed E-state index contributed by atoms with van der Waals surface area (Å²) in [6, 6.07) is 7.00. The van der Waals surface area contributed by atoms with Crippen LogP contribution < -0.4 is 5.32 Å². The van der Waals surface area contributed by atoms with Crippen molar-refractivity contribution in [2.75, 3.05) is 5.32 Å². The van der Waals surface area contributed by atoms with Crippen molar-refractivity contribution in [3.63, 3.8) is 0 Å². The molecule has 110 valence electrons. The van der Waals surface area contributed by atoms with Gasteiger partial charge in [-0.25, -0.2) is 4.39 Å². The number of hydrogen-bond acceptors (Lipinski definition) is 4. The Kier molecular flexibility index (Phi) is 4.07. The van der Waals surface area contributed by atoms with Gasteiger partial charge >= 0.3 is 0 Å². The fraction of sp³-hybridized carbons (Fsp3) is 0.200. The second kappa shape index (κ2) is 5.78. The van der Waals surface area contributed by atoms with Crippen LogP contribution in [0.5, 0.6) is 5.75 Å². The van der Waals surface area contributed by atoms with E-state index in [9.17, 15) is 19.6 Å². The maximum atomic E-state index is 13.2. The summed E-state index contributed by atoms with van der Waals surface area (Å²) >= 11 is 0. The Morgan fingerprint density at radius 1 is 1.19 bits per heavy atom. The van der Waals surface area contributed by atoms with Crippen LogP contribution in [-0.4, -0.2) is 10.0 Å². The first kappa shape index (κ1) is 14.8. The summed E-state index contributed by atoms with van der Waals surface area (Å²) in [5.41, 5.74) is 2.68. The number of phenols is 1. The molecule has 0 spiro atoms. The Balaban J connectivity index is 2.20. The summed E-state index contributed by atoms with van der Waals surface area (Å²) in [4.78, 5) is 10.4. The van der Waals surface area contributed by atoms with E-state index in [0.717, 1.165) is 17.3 Å². The zero-order chi connectivity index (χ0) is 15.6. The number of aryl methyl sites for hydroxylation is 2. The van der Waals surface area contributed by atoms with Gasteiger partial charge in [0.05, 0.1) is 4.92 Å². The van der Waals surface area contributed by atoms with Crippen molar-refractivity contribution in [1.29, 1.82) is 0 Å². The maximum absolute atomic E-state index is 13.2. The summed E-state index contributed by atoms with van der Waals surface area (Å²) in [6.07, 6.45) is 0. The van der Waals surface area contributed by atoms with E-state index in [1.54, 1.807) is 19.9 Å². The molecule has 2 aromatic carbocycles. The lowest BCUT2D eigenvalue weighted by Gasteiger charge is -2.11. The number of halogens is 1. The highest BCUT2D eigenvalue weighted by atomic mass is 19.1. The van der Waals surface area contributed by atoms with Crippen molar-refractivity contribution in [3.05, 3.63) is 63.0 Å². The number of nitrogens with one attached hydrogen (secondary N) is 1. The largest absolute Gasteiger partial charge is 0.508 e. The Morgan fingerprint density at radius 3 is 2.52 bits per heavy atom. The van der Waals surface area contributed by atoms with Gasteiger partial charge in [0.15, 0.2) is 0 Å². The van der Waals surface area contributed by atoms with Crippen LogP contribution in [0, 0.1) is 29.8 Å². The molecule has 0 heterocycles. The molecule has 0 saturated heterocycles. The quantitative estimate of drug-likeness (QED) is 0.665. The van der Waals surface area contributed by atoms with Crippen molar-refractivity contribution in [1.82, 2.24) is 0 Å². The SMILES string of the molecule is Cc1cc([N+](=O)[O-])c(C)cc1NCc1cc(O)cc(F)c1. The molecule has 0 radical (unpaired) electrons. The standard InChI is InChI=1S/C15H15FN2O3/c1-9-4-15(18(20)21)10(2)3-14(9)17-8-11-5-12(16)7-13(19)6-11/h3-7,17,19H,8H2,1-2H3. The Bertz CT molecular complexity index is 681. The van der Waals surface area contributed by atoms with Crippen LogP contribution in [0.4, 0.5) is 15.8 Å². The smallest absolute Gasteiger partial charge is 0.272 e. The molecule has 0 aliphatic carbocycles. The fourth-order valence-corrected chi connectivity index (χ4v) is 2.12. The van der Waals surface area contributed by atoms with Crippen molar-refractivity contribution >= 4 is 11.4 Å². The van der Waals surface area contributed by atoms with Crippen LogP contribution in [0.25, 0.3) is 0 Å². The lowest BCUT2D eigenvalue weighted by Crippen LogP contribution is -2.03. The lowest BCUT2D eigenvalue weighted by molar-refractivity contribution is -0.385. The Hall–Kier alpha value is -2.63. The van der Waals surface area contributed by atoms with Gasteiger partial charge in [0, 0.05) is 29.9 Å². The highest BCUT2D eigenvalue weighted by molar-refractivity contribution is 5.59. The number of rotatable bonds is 4. The summed E-state index contributed by atoms with van der Waals surface area (Å²) < 4.78 is 13.2. The van der Waals surface area contributed by atoms with Crippen LogP contribution in [0.3, 0.4) is 0 Å². The van der Waals surface area contributed by atoms with Crippen molar-refractivity contribution in [3.8, 4) is 5.75 Å². The molecule has 0 aliphatic rings. The average molecular weight is 290 g/mol. The average Bonchev–Trinajstić information content (AvgIpc) is 2.38. The molecule has 0 bridgehead atoms. The highest BCUT2D eigenvalue weighted by Crippen LogP contribution is 2.26. The summed E-state index contributed by atoms with van der Waals surface area (Å²) in [5.74, 6) is -0.646. The second-order valence-corrected chi connectivity index (χ2v) is 4.88. The third kappa shape index (κ3) is 3.47. The highest BCUT2D eigenvalue weighted by Gasteiger charge is 2.13. The van der Waals surface area contributed by atoms with Crippen LogP contribution in [0.1, 0.15) is 16.7 Å². The molecule has 0 atom stereocenters. The van der Waals surface area contributed by atoms with Gasteiger partial charge in [-0.15, -0.1) is 0 Å². The van der Waals surface area contributed by atoms with E-state index in [0.29, 0.717) is 17.7 Å². The second-order valence-electron chi connectivity index (χ2n) is 4.88. The van der Waals surface area contributed by atoms with E-state index in [1.807, 2.05) is 0 Å². The van der Waals surface area contributed by atoms with Crippen LogP contribution in [0.2, 0.25) is 0 Å². The predicted molar refractivity (Wildman–Crippen MR) is 78.0 cm³/mol. The van der Waals surface area contributed by atoms with E-state index < -0.39 is 10.7 Å². The van der Waals surface area contributed by atoms with Gasteiger partial charge in [0.1, 0.15) is 11.6 Å². The first-order valence-corrected chi connectivity index (χ1v) is 6.35. The molecule has 21 heavy (non-hydrogen) atoms. The molecule has 0 amide bonds. The maximum Gasteiger partial charge on any atom is 0.272 e. The molecule has 0 saturated carbocycles. The number of nitro benzene ring substituents is 1. The minimum absolute atomic E-state index is 0.0708. The number of aromatic hydroxyl groups is 1. The van der Waals surface area contributed by atoms with E-state index in [2.05, 4.69) is 5.32 Å². The van der Waals surface area contributed by atoms with Crippen molar-refractivity contribution in [2.45, 2.75) is 20.4 Å². The molecule has 0 unspecified atom stereocenters. The summed E-state index contributed by atoms with van der Waals surface area (Å²) in [6.45, 7) is 3.73. The molecule has 0 fully saturated rings. The van der Waals surface area contributed by atoms with Gasteiger partial charge in [-0.3, -0.25) is 10.1 Å². The summed E-state index contributed by atoms with van der Waals surface area (Å²) in [5, 5.41) is 23.3. The van der Waals surface area contributed by atoms with E-state index in [4.69, 9.17) is 0 Å². The molecule has 2 rings (SSSR count). The van der Waals surface area contributed by atoms with Crippen molar-refractivity contribution < 1.29 is 14.4 Å². The molecule has 6 heteroatoms. The van der Waals surface area contributed by atoms with Crippen LogP contribution in [0.15, 0.2) is 30.3 Å². The monoisotopic (exact) mass is 290 g/mol. The van der Waals surface area contributed by atoms with Gasteiger partial charge in [0.2, 0.25) is 0 Å². The predicted octanol–water partition coefficient (Wildman–Crippen LogP) is 3.67. The molecule has 2 N–H and O–H groups in total. The molecular weight excluding hydrogens is 275 g/mol. The molecule has 0 aromatic heterocycles. The topological polar surface area (TPSA) is 75.4 Å². The fourth-order valence-electron chi connectivity index (χ4n) is 2.12. The molecule has 2 aromatic rings. The van der Waals surface area contributed by atoms with Crippen LogP contribution in [-0.2, 0) is 6.54 Å². The van der Waals surface area contributed by atoms with E-state index in [1.165, 1.54) is 18.2 Å². The zero-order valence-corrected chi connectivity index (χ0v) is 11.7. The zero-order valence-electron chi connectivity index (χ0n) is 11.7. The number of anilines is 1. The number of nitro groups is 1. The lowest BCUT2D eigenvalue weighted by atomic mass is 10.1. The minimum atomic E-state index is -0.511. The molecular formula is C15H15FN2O3. The number of phenolic OH excluding ortho intramolecular Hbond substituents is 1. The van der Waals surface area contributed by atoms with Gasteiger partial charge in [-0.05, 0) is 43.2 Å². The normalized spacial score (nSPS) is 10.4. The summed E-state index contributed by atoms with van der Waals surface area (Å²) in [7, 11) is 0. The van der Waals surface area contributed by atoms with Gasteiger partial charge in [-0.1, -0.05) is 0 Å². The Morgan fingerprint density at radius 2 is 1.90 bits per heavy atom. The third-order valence-electron chi connectivity index (χ3n) is 3.16.